The predicted octanol–water partition coefficient (Wildman–Crippen LogP) is 2.38. The third kappa shape index (κ3) is 4.76. The molecule has 1 atom stereocenters. The Balaban J connectivity index is 2.53. The fraction of sp³-hybridized carbons (Fsp3) is 0.833. The van der Waals surface area contributed by atoms with E-state index in [1.165, 1.54) is 0 Å². The molecule has 1 aromatic heterocycles. The summed E-state index contributed by atoms with van der Waals surface area (Å²) in [6.07, 6.45) is 2.07. The van der Waals surface area contributed by atoms with Crippen molar-refractivity contribution in [3.8, 4) is 6.01 Å². The molecule has 0 saturated heterocycles. The number of nitrogens with zero attached hydrogens (tertiary/aromatic N) is 2. The van der Waals surface area contributed by atoms with Gasteiger partial charge in [0.25, 0.3) is 0 Å². The zero-order valence-corrected chi connectivity index (χ0v) is 12.4. The summed E-state index contributed by atoms with van der Waals surface area (Å²) >= 11 is 0. The first kappa shape index (κ1) is 15.1. The summed E-state index contributed by atoms with van der Waals surface area (Å²) in [5.74, 6) is 1.52. The van der Waals surface area contributed by atoms with Gasteiger partial charge in [-0.2, -0.15) is 4.98 Å². The van der Waals surface area contributed by atoms with Crippen LogP contribution in [-0.4, -0.2) is 31.7 Å². The van der Waals surface area contributed by atoms with Crippen molar-refractivity contribution in [3.05, 3.63) is 0 Å². The average molecular weight is 273 g/mol. The third-order valence-corrected chi connectivity index (χ3v) is 4.14. The van der Waals surface area contributed by atoms with Crippen LogP contribution in [0.25, 0.3) is 0 Å². The number of H-pyrrole nitrogens is 1. The number of hydrogen-bond donors (Lipinski definition) is 1. The molecule has 6 heteroatoms. The van der Waals surface area contributed by atoms with E-state index in [-0.39, 0.29) is 6.01 Å². The lowest BCUT2D eigenvalue weighted by Crippen LogP contribution is -2.11. The summed E-state index contributed by atoms with van der Waals surface area (Å²) in [4.78, 5) is 4.11. The Hall–Kier alpha value is -0.910. The molecule has 0 fully saturated rings. The molecule has 0 saturated carbocycles. The van der Waals surface area contributed by atoms with E-state index < -0.39 is 10.8 Å². The number of rotatable bonds is 8. The normalized spacial score (nSPS) is 13.2. The fourth-order valence-corrected chi connectivity index (χ4v) is 2.84. The molecule has 104 valence electrons. The SMILES string of the molecule is CCC(CC)CS(=O)c1nc(OCC(C)C)n[nH]1. The van der Waals surface area contributed by atoms with Gasteiger partial charge in [0, 0.05) is 5.75 Å². The molecule has 0 aliphatic heterocycles. The lowest BCUT2D eigenvalue weighted by atomic mass is 10.1. The Morgan fingerprint density at radius 2 is 2.00 bits per heavy atom. The molecule has 0 spiro atoms. The van der Waals surface area contributed by atoms with E-state index in [0.29, 0.717) is 29.4 Å². The van der Waals surface area contributed by atoms with Crippen molar-refractivity contribution < 1.29 is 8.95 Å². The van der Waals surface area contributed by atoms with Crippen LogP contribution in [-0.2, 0) is 10.8 Å². The van der Waals surface area contributed by atoms with Crippen LogP contribution in [0.4, 0.5) is 0 Å². The summed E-state index contributed by atoms with van der Waals surface area (Å²) in [6.45, 7) is 8.90. The molecule has 0 aliphatic carbocycles. The standard InChI is InChI=1S/C12H23N3O2S/c1-5-10(6-2)8-18(16)12-13-11(14-15-12)17-7-9(3)4/h9-10H,5-8H2,1-4H3,(H,13,14,15). The van der Waals surface area contributed by atoms with E-state index in [2.05, 4.69) is 42.9 Å². The van der Waals surface area contributed by atoms with Gasteiger partial charge < -0.3 is 4.74 Å². The molecule has 1 heterocycles. The number of ether oxygens (including phenoxy) is 1. The third-order valence-electron chi connectivity index (χ3n) is 2.75. The largest absolute Gasteiger partial charge is 0.462 e. The second kappa shape index (κ2) is 7.51. The Labute approximate surface area is 111 Å². The summed E-state index contributed by atoms with van der Waals surface area (Å²) < 4.78 is 17.4. The van der Waals surface area contributed by atoms with Gasteiger partial charge in [-0.05, 0) is 11.8 Å². The molecule has 0 aliphatic rings. The molecule has 0 radical (unpaired) electrons. The van der Waals surface area contributed by atoms with Gasteiger partial charge in [0.2, 0.25) is 5.16 Å². The molecule has 1 aromatic rings. The summed E-state index contributed by atoms with van der Waals surface area (Å²) in [7, 11) is -1.12. The zero-order chi connectivity index (χ0) is 13.5. The Morgan fingerprint density at radius 1 is 1.33 bits per heavy atom. The minimum Gasteiger partial charge on any atom is -0.462 e. The minimum absolute atomic E-state index is 0.289. The van der Waals surface area contributed by atoms with Crippen molar-refractivity contribution in [2.24, 2.45) is 11.8 Å². The first-order valence-corrected chi connectivity index (χ1v) is 7.82. The molecule has 0 aromatic carbocycles. The van der Waals surface area contributed by atoms with Crippen LogP contribution in [0, 0.1) is 11.8 Å². The van der Waals surface area contributed by atoms with E-state index in [9.17, 15) is 4.21 Å². The van der Waals surface area contributed by atoms with Gasteiger partial charge in [-0.3, -0.25) is 4.21 Å². The maximum Gasteiger partial charge on any atom is 0.336 e. The maximum absolute atomic E-state index is 12.0. The van der Waals surface area contributed by atoms with Gasteiger partial charge in [-0.15, -0.1) is 5.10 Å². The predicted molar refractivity (Wildman–Crippen MR) is 72.1 cm³/mol. The number of nitrogens with one attached hydrogen (secondary N) is 1. The van der Waals surface area contributed by atoms with E-state index >= 15 is 0 Å². The van der Waals surface area contributed by atoms with Crippen molar-refractivity contribution in [1.82, 2.24) is 15.2 Å². The van der Waals surface area contributed by atoms with Gasteiger partial charge in [-0.25, -0.2) is 5.10 Å². The maximum atomic E-state index is 12.0. The second-order valence-corrected chi connectivity index (χ2v) is 6.23. The molecular weight excluding hydrogens is 250 g/mol. The molecular formula is C12H23N3O2S. The van der Waals surface area contributed by atoms with Gasteiger partial charge in [-0.1, -0.05) is 40.5 Å². The fourth-order valence-electron chi connectivity index (χ4n) is 1.46. The molecule has 1 N–H and O–H groups in total. The van der Waals surface area contributed by atoms with Crippen LogP contribution < -0.4 is 4.74 Å². The van der Waals surface area contributed by atoms with Crippen LogP contribution >= 0.6 is 0 Å². The second-order valence-electron chi connectivity index (χ2n) is 4.82. The minimum atomic E-state index is -1.12. The molecule has 1 rings (SSSR count). The number of aromatic nitrogens is 3. The van der Waals surface area contributed by atoms with Crippen molar-refractivity contribution in [2.45, 2.75) is 45.7 Å². The smallest absolute Gasteiger partial charge is 0.336 e. The van der Waals surface area contributed by atoms with Crippen LogP contribution in [0.3, 0.4) is 0 Å². The average Bonchev–Trinajstić information content (AvgIpc) is 2.82. The highest BCUT2D eigenvalue weighted by atomic mass is 32.2. The summed E-state index contributed by atoms with van der Waals surface area (Å²) in [5, 5.41) is 7.03. The first-order valence-electron chi connectivity index (χ1n) is 6.50. The highest BCUT2D eigenvalue weighted by Gasteiger charge is 2.15. The lowest BCUT2D eigenvalue weighted by Gasteiger charge is -2.09. The molecule has 1 unspecified atom stereocenters. The molecule has 5 nitrogen and oxygen atoms in total. The Morgan fingerprint density at radius 3 is 2.56 bits per heavy atom. The monoisotopic (exact) mass is 273 g/mol. The Bertz CT molecular complexity index is 375. The molecule has 0 bridgehead atoms. The van der Waals surface area contributed by atoms with Gasteiger partial charge in [0.05, 0.1) is 17.4 Å². The van der Waals surface area contributed by atoms with Gasteiger partial charge in [0.15, 0.2) is 0 Å². The number of hydrogen-bond acceptors (Lipinski definition) is 4. The van der Waals surface area contributed by atoms with E-state index in [1.807, 2.05) is 0 Å². The van der Waals surface area contributed by atoms with Crippen molar-refractivity contribution in [2.75, 3.05) is 12.4 Å². The van der Waals surface area contributed by atoms with Crippen LogP contribution in [0.1, 0.15) is 40.5 Å². The van der Waals surface area contributed by atoms with Crippen molar-refractivity contribution in [3.63, 3.8) is 0 Å². The summed E-state index contributed by atoms with van der Waals surface area (Å²) in [5.41, 5.74) is 0. The Kier molecular flexibility index (Phi) is 6.32. The quantitative estimate of drug-likeness (QED) is 0.789. The molecule has 0 amide bonds. The van der Waals surface area contributed by atoms with Crippen LogP contribution in [0.5, 0.6) is 6.01 Å². The van der Waals surface area contributed by atoms with Crippen molar-refractivity contribution in [1.29, 1.82) is 0 Å². The topological polar surface area (TPSA) is 67.9 Å². The van der Waals surface area contributed by atoms with Crippen LogP contribution in [0.15, 0.2) is 5.16 Å². The van der Waals surface area contributed by atoms with Gasteiger partial charge in [0.1, 0.15) is 0 Å². The van der Waals surface area contributed by atoms with E-state index in [4.69, 9.17) is 4.74 Å². The number of aromatic amines is 1. The highest BCUT2D eigenvalue weighted by molar-refractivity contribution is 7.84. The van der Waals surface area contributed by atoms with E-state index in [0.717, 1.165) is 12.8 Å². The first-order chi connectivity index (χ1) is 8.56. The van der Waals surface area contributed by atoms with Crippen LogP contribution in [0.2, 0.25) is 0 Å². The molecule has 18 heavy (non-hydrogen) atoms. The lowest BCUT2D eigenvalue weighted by molar-refractivity contribution is 0.251. The summed E-state index contributed by atoms with van der Waals surface area (Å²) in [6, 6.07) is 0.289. The highest BCUT2D eigenvalue weighted by Crippen LogP contribution is 2.14. The van der Waals surface area contributed by atoms with Gasteiger partial charge >= 0.3 is 6.01 Å². The van der Waals surface area contributed by atoms with Crippen molar-refractivity contribution >= 4 is 10.8 Å². The van der Waals surface area contributed by atoms with E-state index in [1.54, 1.807) is 0 Å². The zero-order valence-electron chi connectivity index (χ0n) is 11.6.